The lowest BCUT2D eigenvalue weighted by molar-refractivity contribution is 0.200. The van der Waals surface area contributed by atoms with E-state index >= 15 is 0 Å². The van der Waals surface area contributed by atoms with E-state index in [1.807, 2.05) is 6.07 Å². The molecule has 0 unspecified atom stereocenters. The van der Waals surface area contributed by atoms with Crippen LogP contribution in [0.4, 0.5) is 4.79 Å². The number of rotatable bonds is 1. The fraction of sp³-hybridized carbons (Fsp3) is 0.286. The normalized spacial score (nSPS) is 9.29. The minimum absolute atomic E-state index is 0.0726. The summed E-state index contributed by atoms with van der Waals surface area (Å²) < 4.78 is 6.47. The molecule has 1 heterocycles. The SMILES string of the molecule is CNC(=O)Oc1nn(C)c(C#N)c1Br. The number of aromatic nitrogens is 2. The second-order valence-electron chi connectivity index (χ2n) is 2.34. The third kappa shape index (κ3) is 1.85. The molecule has 1 aromatic rings. The molecule has 0 aliphatic heterocycles. The van der Waals surface area contributed by atoms with Crippen LogP contribution >= 0.6 is 15.9 Å². The lowest BCUT2D eigenvalue weighted by Gasteiger charge is -1.98. The van der Waals surface area contributed by atoms with Crippen molar-refractivity contribution >= 4 is 22.0 Å². The van der Waals surface area contributed by atoms with Crippen molar-refractivity contribution in [2.75, 3.05) is 7.05 Å². The van der Waals surface area contributed by atoms with E-state index < -0.39 is 6.09 Å². The number of hydrogen-bond donors (Lipinski definition) is 1. The van der Waals surface area contributed by atoms with Gasteiger partial charge in [-0.3, -0.25) is 4.68 Å². The Bertz CT molecular complexity index is 407. The molecule has 0 radical (unpaired) electrons. The Kier molecular flexibility index (Phi) is 3.09. The molecule has 0 saturated heterocycles. The van der Waals surface area contributed by atoms with Gasteiger partial charge < -0.3 is 10.1 Å². The molecule has 1 rings (SSSR count). The van der Waals surface area contributed by atoms with Crippen molar-refractivity contribution in [3.05, 3.63) is 10.2 Å². The predicted octanol–water partition coefficient (Wildman–Crippen LogP) is 0.772. The van der Waals surface area contributed by atoms with E-state index in [0.717, 1.165) is 0 Å². The molecule has 0 saturated carbocycles. The highest BCUT2D eigenvalue weighted by Crippen LogP contribution is 2.26. The lowest BCUT2D eigenvalue weighted by atomic mass is 10.5. The Balaban J connectivity index is 3.01. The van der Waals surface area contributed by atoms with Crippen LogP contribution in [0.1, 0.15) is 5.69 Å². The van der Waals surface area contributed by atoms with Crippen molar-refractivity contribution < 1.29 is 9.53 Å². The molecule has 0 atom stereocenters. The molecule has 0 aromatic carbocycles. The lowest BCUT2D eigenvalue weighted by Crippen LogP contribution is -2.22. The van der Waals surface area contributed by atoms with Gasteiger partial charge in [-0.2, -0.15) is 5.26 Å². The van der Waals surface area contributed by atoms with E-state index in [2.05, 4.69) is 26.3 Å². The summed E-state index contributed by atoms with van der Waals surface area (Å²) >= 11 is 3.11. The Labute approximate surface area is 88.6 Å². The maximum atomic E-state index is 10.9. The smallest absolute Gasteiger partial charge is 0.388 e. The number of nitriles is 1. The summed E-state index contributed by atoms with van der Waals surface area (Å²) in [5.74, 6) is 0.0726. The molecule has 1 aromatic heterocycles. The fourth-order valence-corrected chi connectivity index (χ4v) is 1.30. The van der Waals surface area contributed by atoms with Crippen LogP contribution in [0.15, 0.2) is 4.47 Å². The number of nitrogens with zero attached hydrogens (tertiary/aromatic N) is 3. The first-order valence-electron chi connectivity index (χ1n) is 3.62. The van der Waals surface area contributed by atoms with Crippen LogP contribution < -0.4 is 10.1 Å². The molecular weight excluding hydrogens is 252 g/mol. The summed E-state index contributed by atoms with van der Waals surface area (Å²) in [6.45, 7) is 0. The highest BCUT2D eigenvalue weighted by molar-refractivity contribution is 9.10. The van der Waals surface area contributed by atoms with Crippen LogP contribution in [0.3, 0.4) is 0 Å². The average Bonchev–Trinajstić information content (AvgIpc) is 2.42. The van der Waals surface area contributed by atoms with Crippen LogP contribution in [0.5, 0.6) is 5.88 Å². The van der Waals surface area contributed by atoms with Crippen LogP contribution in [0.25, 0.3) is 0 Å². The van der Waals surface area contributed by atoms with E-state index in [-0.39, 0.29) is 5.88 Å². The van der Waals surface area contributed by atoms with Gasteiger partial charge in [0.15, 0.2) is 5.69 Å². The molecule has 0 aliphatic carbocycles. The Hall–Kier alpha value is -1.55. The summed E-state index contributed by atoms with van der Waals surface area (Å²) in [4.78, 5) is 10.9. The van der Waals surface area contributed by atoms with Gasteiger partial charge in [0.1, 0.15) is 10.5 Å². The van der Waals surface area contributed by atoms with E-state index in [1.165, 1.54) is 11.7 Å². The molecule has 1 amide bonds. The van der Waals surface area contributed by atoms with Gasteiger partial charge in [0.2, 0.25) is 0 Å². The number of carbonyl (C=O) groups is 1. The maximum Gasteiger partial charge on any atom is 0.413 e. The second-order valence-corrected chi connectivity index (χ2v) is 3.14. The van der Waals surface area contributed by atoms with Gasteiger partial charge in [0.25, 0.3) is 5.88 Å². The van der Waals surface area contributed by atoms with Gasteiger partial charge in [-0.15, -0.1) is 5.10 Å². The Morgan fingerprint density at radius 3 is 2.86 bits per heavy atom. The monoisotopic (exact) mass is 258 g/mol. The zero-order valence-corrected chi connectivity index (χ0v) is 9.12. The second kappa shape index (κ2) is 4.11. The van der Waals surface area contributed by atoms with E-state index in [0.29, 0.717) is 10.2 Å². The summed E-state index contributed by atoms with van der Waals surface area (Å²) in [6.07, 6.45) is -0.631. The quantitative estimate of drug-likeness (QED) is 0.807. The van der Waals surface area contributed by atoms with Crippen LogP contribution in [0.2, 0.25) is 0 Å². The van der Waals surface area contributed by atoms with Crippen LogP contribution in [-0.4, -0.2) is 22.9 Å². The molecule has 14 heavy (non-hydrogen) atoms. The predicted molar refractivity (Wildman–Crippen MR) is 50.7 cm³/mol. The summed E-state index contributed by atoms with van der Waals surface area (Å²) in [7, 11) is 3.02. The number of aryl methyl sites for hydroxylation is 1. The van der Waals surface area contributed by atoms with Gasteiger partial charge >= 0.3 is 6.09 Å². The van der Waals surface area contributed by atoms with Crippen LogP contribution in [0, 0.1) is 11.3 Å². The molecule has 0 bridgehead atoms. The third-order valence-corrected chi connectivity index (χ3v) is 2.17. The average molecular weight is 259 g/mol. The number of ether oxygens (including phenoxy) is 1. The highest BCUT2D eigenvalue weighted by Gasteiger charge is 2.16. The molecule has 74 valence electrons. The topological polar surface area (TPSA) is 79.9 Å². The number of carbonyl (C=O) groups excluding carboxylic acids is 1. The third-order valence-electron chi connectivity index (χ3n) is 1.46. The van der Waals surface area contributed by atoms with Gasteiger partial charge in [-0.25, -0.2) is 4.79 Å². The largest absolute Gasteiger partial charge is 0.413 e. The van der Waals surface area contributed by atoms with Crippen molar-refractivity contribution in [3.63, 3.8) is 0 Å². The number of hydrogen-bond acceptors (Lipinski definition) is 4. The zero-order valence-electron chi connectivity index (χ0n) is 7.54. The van der Waals surface area contributed by atoms with E-state index in [1.54, 1.807) is 7.05 Å². The number of nitrogens with one attached hydrogen (secondary N) is 1. The van der Waals surface area contributed by atoms with Gasteiger partial charge in [-0.1, -0.05) is 0 Å². The molecule has 1 N–H and O–H groups in total. The number of halogens is 1. The van der Waals surface area contributed by atoms with Crippen LogP contribution in [-0.2, 0) is 7.05 Å². The standard InChI is InChI=1S/C7H7BrN4O2/c1-10-7(13)14-6-5(8)4(3-9)12(2)11-6/h1-2H3,(H,10,13). The Morgan fingerprint density at radius 1 is 1.79 bits per heavy atom. The first-order chi connectivity index (χ1) is 6.60. The van der Waals surface area contributed by atoms with E-state index in [4.69, 9.17) is 10.00 Å². The highest BCUT2D eigenvalue weighted by atomic mass is 79.9. The van der Waals surface area contributed by atoms with E-state index in [9.17, 15) is 4.79 Å². The summed E-state index contributed by atoms with van der Waals surface area (Å²) in [5, 5.41) is 14.8. The van der Waals surface area contributed by atoms with Crippen molar-refractivity contribution in [3.8, 4) is 11.9 Å². The molecule has 0 aliphatic rings. The van der Waals surface area contributed by atoms with Crippen molar-refractivity contribution in [1.82, 2.24) is 15.1 Å². The molecule has 0 fully saturated rings. The number of amides is 1. The maximum absolute atomic E-state index is 10.9. The van der Waals surface area contributed by atoms with Gasteiger partial charge in [0, 0.05) is 14.1 Å². The Morgan fingerprint density at radius 2 is 2.43 bits per heavy atom. The molecule has 6 nitrogen and oxygen atoms in total. The first-order valence-corrected chi connectivity index (χ1v) is 4.41. The van der Waals surface area contributed by atoms with Crippen molar-refractivity contribution in [1.29, 1.82) is 5.26 Å². The van der Waals surface area contributed by atoms with Gasteiger partial charge in [0.05, 0.1) is 0 Å². The minimum Gasteiger partial charge on any atom is -0.388 e. The van der Waals surface area contributed by atoms with Crippen molar-refractivity contribution in [2.45, 2.75) is 0 Å². The summed E-state index contributed by atoms with van der Waals surface area (Å²) in [6, 6.07) is 1.92. The summed E-state index contributed by atoms with van der Waals surface area (Å²) in [5.41, 5.74) is 0.295. The molecular formula is C7H7BrN4O2. The first kappa shape index (κ1) is 10.5. The minimum atomic E-state index is -0.631. The van der Waals surface area contributed by atoms with Crippen molar-refractivity contribution in [2.24, 2.45) is 7.05 Å². The zero-order chi connectivity index (χ0) is 10.7. The molecule has 0 spiro atoms. The molecule has 7 heteroatoms. The fourth-order valence-electron chi connectivity index (χ4n) is 0.799. The van der Waals surface area contributed by atoms with Gasteiger partial charge in [-0.05, 0) is 15.9 Å².